The minimum absolute atomic E-state index is 0.244. The molecular weight excluding hydrogens is 310 g/mol. The molecule has 2 saturated heterocycles. The van der Waals surface area contributed by atoms with Crippen LogP contribution in [0.2, 0.25) is 0 Å². The van der Waals surface area contributed by atoms with Crippen molar-refractivity contribution in [1.82, 2.24) is 15.5 Å². The Bertz CT molecular complexity index is 442. The van der Waals surface area contributed by atoms with E-state index in [-0.39, 0.29) is 11.8 Å². The molecular formula is C17H29N3O2S. The van der Waals surface area contributed by atoms with Crippen molar-refractivity contribution in [3.05, 3.63) is 0 Å². The number of hydrogen-bond acceptors (Lipinski definition) is 4. The molecule has 23 heavy (non-hydrogen) atoms. The van der Waals surface area contributed by atoms with Crippen molar-refractivity contribution < 1.29 is 9.59 Å². The average molecular weight is 340 g/mol. The fraction of sp³-hybridized carbons (Fsp3) is 0.882. The molecule has 0 bridgehead atoms. The van der Waals surface area contributed by atoms with E-state index in [9.17, 15) is 9.59 Å². The van der Waals surface area contributed by atoms with Crippen LogP contribution in [0.5, 0.6) is 0 Å². The maximum absolute atomic E-state index is 11.9. The molecule has 3 aliphatic rings. The summed E-state index contributed by atoms with van der Waals surface area (Å²) in [6.45, 7) is 4.56. The molecule has 6 heteroatoms. The van der Waals surface area contributed by atoms with Crippen molar-refractivity contribution in [2.75, 3.05) is 25.4 Å². The van der Waals surface area contributed by atoms with Gasteiger partial charge in [-0.2, -0.15) is 0 Å². The van der Waals surface area contributed by atoms with Crippen LogP contribution in [0.4, 0.5) is 0 Å². The third kappa shape index (κ3) is 4.63. The fourth-order valence-corrected chi connectivity index (χ4v) is 5.04. The van der Waals surface area contributed by atoms with Crippen LogP contribution in [0.3, 0.4) is 0 Å². The molecule has 0 spiro atoms. The third-order valence-electron chi connectivity index (χ3n) is 5.16. The number of likely N-dealkylation sites (tertiary alicyclic amines) is 1. The van der Waals surface area contributed by atoms with Crippen LogP contribution >= 0.6 is 11.8 Å². The zero-order chi connectivity index (χ0) is 16.2. The van der Waals surface area contributed by atoms with Gasteiger partial charge in [-0.25, -0.2) is 0 Å². The van der Waals surface area contributed by atoms with Crippen LogP contribution in [-0.4, -0.2) is 53.5 Å². The SMILES string of the molecule is CCC(=O)N1CCCC(C2NC(CCNC(=O)C3CC3)CS2)C1. The first-order chi connectivity index (χ1) is 11.2. The average Bonchev–Trinajstić information content (AvgIpc) is 3.33. The molecule has 130 valence electrons. The molecule has 1 saturated carbocycles. The molecule has 3 fully saturated rings. The van der Waals surface area contributed by atoms with Crippen LogP contribution in [0.15, 0.2) is 0 Å². The zero-order valence-corrected chi connectivity index (χ0v) is 14.9. The Morgan fingerprint density at radius 2 is 2.13 bits per heavy atom. The molecule has 2 N–H and O–H groups in total. The highest BCUT2D eigenvalue weighted by Gasteiger charge is 2.34. The molecule has 1 aliphatic carbocycles. The number of rotatable bonds is 6. The van der Waals surface area contributed by atoms with Crippen molar-refractivity contribution in [1.29, 1.82) is 0 Å². The second-order valence-corrected chi connectivity index (χ2v) is 8.24. The van der Waals surface area contributed by atoms with Crippen LogP contribution in [0, 0.1) is 11.8 Å². The number of amides is 2. The van der Waals surface area contributed by atoms with E-state index in [2.05, 4.69) is 10.6 Å². The van der Waals surface area contributed by atoms with Crippen molar-refractivity contribution >= 4 is 23.6 Å². The number of hydrogen-bond donors (Lipinski definition) is 2. The summed E-state index contributed by atoms with van der Waals surface area (Å²) in [6.07, 6.45) is 6.09. The summed E-state index contributed by atoms with van der Waals surface area (Å²) in [5, 5.41) is 7.25. The van der Waals surface area contributed by atoms with E-state index in [0.717, 1.165) is 51.1 Å². The molecule has 2 heterocycles. The Hall–Kier alpha value is -0.750. The van der Waals surface area contributed by atoms with Gasteiger partial charge in [-0.05, 0) is 32.1 Å². The second kappa shape index (κ2) is 7.88. The summed E-state index contributed by atoms with van der Waals surface area (Å²) in [6, 6.07) is 0.488. The van der Waals surface area contributed by atoms with Gasteiger partial charge >= 0.3 is 0 Å². The molecule has 2 aliphatic heterocycles. The molecule has 5 nitrogen and oxygen atoms in total. The number of nitrogens with zero attached hydrogens (tertiary/aromatic N) is 1. The first-order valence-corrected chi connectivity index (χ1v) is 10.2. The van der Waals surface area contributed by atoms with Gasteiger partial charge in [0.05, 0.1) is 5.37 Å². The number of carbonyl (C=O) groups excluding carboxylic acids is 2. The minimum atomic E-state index is 0.244. The molecule has 3 rings (SSSR count). The molecule has 3 unspecified atom stereocenters. The van der Waals surface area contributed by atoms with Gasteiger partial charge in [0.2, 0.25) is 11.8 Å². The second-order valence-electron chi connectivity index (χ2n) is 7.07. The predicted octanol–water partition coefficient (Wildman–Crippen LogP) is 1.58. The quantitative estimate of drug-likeness (QED) is 0.771. The zero-order valence-electron chi connectivity index (χ0n) is 14.1. The van der Waals surface area contributed by atoms with Gasteiger partial charge in [-0.15, -0.1) is 11.8 Å². The lowest BCUT2D eigenvalue weighted by Crippen LogP contribution is -2.46. The fourth-order valence-electron chi connectivity index (χ4n) is 3.55. The van der Waals surface area contributed by atoms with Gasteiger partial charge in [-0.1, -0.05) is 6.92 Å². The predicted molar refractivity (Wildman–Crippen MR) is 93.1 cm³/mol. The molecule has 0 aromatic heterocycles. The smallest absolute Gasteiger partial charge is 0.223 e. The summed E-state index contributed by atoms with van der Waals surface area (Å²) < 4.78 is 0. The van der Waals surface area contributed by atoms with E-state index < -0.39 is 0 Å². The third-order valence-corrected chi connectivity index (χ3v) is 6.63. The normalized spacial score (nSPS) is 31.2. The van der Waals surface area contributed by atoms with Gasteiger partial charge in [-0.3, -0.25) is 9.59 Å². The van der Waals surface area contributed by atoms with Crippen LogP contribution in [0.25, 0.3) is 0 Å². The first-order valence-electron chi connectivity index (χ1n) is 9.10. The Balaban J connectivity index is 1.38. The monoisotopic (exact) mass is 339 g/mol. The first kappa shape index (κ1) is 17.1. The van der Waals surface area contributed by atoms with Crippen molar-refractivity contribution in [2.45, 2.75) is 56.9 Å². The maximum atomic E-state index is 11.9. The minimum Gasteiger partial charge on any atom is -0.356 e. The summed E-state index contributed by atoms with van der Waals surface area (Å²) in [4.78, 5) is 25.6. The van der Waals surface area contributed by atoms with E-state index in [1.54, 1.807) is 0 Å². The Morgan fingerprint density at radius 3 is 2.87 bits per heavy atom. The number of piperidine rings is 1. The van der Waals surface area contributed by atoms with Crippen molar-refractivity contribution in [3.63, 3.8) is 0 Å². The molecule has 2 amide bonds. The van der Waals surface area contributed by atoms with Gasteiger partial charge < -0.3 is 15.5 Å². The van der Waals surface area contributed by atoms with Gasteiger partial charge in [0.15, 0.2) is 0 Å². The van der Waals surface area contributed by atoms with Crippen molar-refractivity contribution in [2.24, 2.45) is 11.8 Å². The van der Waals surface area contributed by atoms with Gasteiger partial charge in [0, 0.05) is 49.7 Å². The van der Waals surface area contributed by atoms with Crippen LogP contribution in [0.1, 0.15) is 45.4 Å². The number of nitrogens with one attached hydrogen (secondary N) is 2. The molecule has 3 atom stereocenters. The van der Waals surface area contributed by atoms with E-state index in [4.69, 9.17) is 0 Å². The van der Waals surface area contributed by atoms with Crippen molar-refractivity contribution in [3.8, 4) is 0 Å². The summed E-state index contributed by atoms with van der Waals surface area (Å²) in [7, 11) is 0. The topological polar surface area (TPSA) is 61.4 Å². The Kier molecular flexibility index (Phi) is 5.85. The number of carbonyl (C=O) groups is 2. The van der Waals surface area contributed by atoms with E-state index in [1.807, 2.05) is 23.6 Å². The highest BCUT2D eigenvalue weighted by molar-refractivity contribution is 8.00. The van der Waals surface area contributed by atoms with E-state index in [1.165, 1.54) is 6.42 Å². The standard InChI is InChI=1S/C17H29N3O2S/c1-2-15(21)20-9-3-4-13(10-20)17-19-14(11-23-17)7-8-18-16(22)12-5-6-12/h12-14,17,19H,2-11H2,1H3,(H,18,22). The van der Waals surface area contributed by atoms with Crippen LogP contribution < -0.4 is 10.6 Å². The largest absolute Gasteiger partial charge is 0.356 e. The van der Waals surface area contributed by atoms with Gasteiger partial charge in [0.25, 0.3) is 0 Å². The molecule has 0 aromatic rings. The van der Waals surface area contributed by atoms with Crippen LogP contribution in [-0.2, 0) is 9.59 Å². The summed E-state index contributed by atoms with van der Waals surface area (Å²) in [5.74, 6) is 2.51. The maximum Gasteiger partial charge on any atom is 0.223 e. The lowest BCUT2D eigenvalue weighted by Gasteiger charge is -2.35. The highest BCUT2D eigenvalue weighted by atomic mass is 32.2. The molecule has 0 radical (unpaired) electrons. The number of thioether (sulfide) groups is 1. The van der Waals surface area contributed by atoms with E-state index >= 15 is 0 Å². The lowest BCUT2D eigenvalue weighted by atomic mass is 9.97. The molecule has 0 aromatic carbocycles. The van der Waals surface area contributed by atoms with E-state index in [0.29, 0.717) is 29.7 Å². The Morgan fingerprint density at radius 1 is 1.30 bits per heavy atom. The Labute approximate surface area is 143 Å². The van der Waals surface area contributed by atoms with Gasteiger partial charge in [0.1, 0.15) is 0 Å². The lowest BCUT2D eigenvalue weighted by molar-refractivity contribution is -0.132. The summed E-state index contributed by atoms with van der Waals surface area (Å²) >= 11 is 1.99. The summed E-state index contributed by atoms with van der Waals surface area (Å²) in [5.41, 5.74) is 0. The highest BCUT2D eigenvalue weighted by Crippen LogP contribution is 2.32.